The van der Waals surface area contributed by atoms with Crippen LogP contribution in [0.2, 0.25) is 0 Å². The van der Waals surface area contributed by atoms with Crippen LogP contribution in [0.15, 0.2) is 0 Å². The lowest BCUT2D eigenvalue weighted by molar-refractivity contribution is -0.161. The lowest BCUT2D eigenvalue weighted by Gasteiger charge is -2.21. The maximum Gasteiger partial charge on any atom is 0.472 e. The summed E-state index contributed by atoms with van der Waals surface area (Å²) in [4.78, 5) is 73.5. The molecule has 0 aliphatic heterocycles. The molecule has 111 heavy (non-hydrogen) atoms. The molecular formula is C92H180O17P2. The SMILES string of the molecule is CCCCCCCCCCCCCCCCCCCCCCCC(=O)OC[C@H](COP(=O)(O)OC[C@@H](O)COP(=O)(O)OC[C@@H](COC(=O)CCCCCCCCCCCCCCC)OC(=O)CCCCCCCCCCCCCCCC(C)C)OC(=O)CCCCCCCCCCCCCCCCCCCCCCC. The number of phosphoric acid groups is 2. The molecule has 5 atom stereocenters. The van der Waals surface area contributed by atoms with Crippen molar-refractivity contribution < 1.29 is 80.2 Å². The van der Waals surface area contributed by atoms with Crippen molar-refractivity contribution in [1.29, 1.82) is 0 Å². The van der Waals surface area contributed by atoms with Crippen molar-refractivity contribution in [2.24, 2.45) is 5.92 Å². The number of rotatable bonds is 92. The highest BCUT2D eigenvalue weighted by molar-refractivity contribution is 7.47. The average molecular weight is 1620 g/mol. The van der Waals surface area contributed by atoms with Crippen molar-refractivity contribution in [3.63, 3.8) is 0 Å². The predicted molar refractivity (Wildman–Crippen MR) is 460 cm³/mol. The number of hydrogen-bond acceptors (Lipinski definition) is 15. The molecule has 0 spiro atoms. The third-order valence-electron chi connectivity index (χ3n) is 21.8. The molecule has 0 saturated carbocycles. The Balaban J connectivity index is 5.25. The maximum absolute atomic E-state index is 13.2. The van der Waals surface area contributed by atoms with Crippen molar-refractivity contribution in [3.8, 4) is 0 Å². The summed E-state index contributed by atoms with van der Waals surface area (Å²) in [5.41, 5.74) is 0. The third-order valence-corrected chi connectivity index (χ3v) is 23.7. The van der Waals surface area contributed by atoms with Gasteiger partial charge in [0.2, 0.25) is 0 Å². The van der Waals surface area contributed by atoms with E-state index >= 15 is 0 Å². The quantitative estimate of drug-likeness (QED) is 0.0222. The molecule has 19 heteroatoms. The third kappa shape index (κ3) is 85.8. The van der Waals surface area contributed by atoms with Crippen LogP contribution in [0.25, 0.3) is 0 Å². The molecule has 0 aromatic carbocycles. The molecule has 0 radical (unpaired) electrons. The van der Waals surface area contributed by atoms with Gasteiger partial charge in [-0.1, -0.05) is 452 Å². The van der Waals surface area contributed by atoms with E-state index in [0.29, 0.717) is 25.7 Å². The van der Waals surface area contributed by atoms with Gasteiger partial charge in [-0.05, 0) is 31.6 Å². The molecule has 3 N–H and O–H groups in total. The monoisotopic (exact) mass is 1620 g/mol. The van der Waals surface area contributed by atoms with E-state index in [9.17, 15) is 43.2 Å². The van der Waals surface area contributed by atoms with Crippen LogP contribution in [0.5, 0.6) is 0 Å². The van der Waals surface area contributed by atoms with E-state index in [4.69, 9.17) is 37.0 Å². The van der Waals surface area contributed by atoms with Crippen LogP contribution in [0.4, 0.5) is 0 Å². The summed E-state index contributed by atoms with van der Waals surface area (Å²) < 4.78 is 69.1. The zero-order valence-electron chi connectivity index (χ0n) is 73.1. The zero-order valence-corrected chi connectivity index (χ0v) is 74.9. The summed E-state index contributed by atoms with van der Waals surface area (Å²) in [6, 6.07) is 0. The summed E-state index contributed by atoms with van der Waals surface area (Å²) in [6.07, 6.45) is 80.6. The first kappa shape index (κ1) is 109. The first-order valence-corrected chi connectivity index (χ1v) is 50.6. The second-order valence-corrected chi connectivity index (χ2v) is 36.4. The Bertz CT molecular complexity index is 2100. The molecule has 0 bridgehead atoms. The van der Waals surface area contributed by atoms with Crippen molar-refractivity contribution in [1.82, 2.24) is 0 Å². The second-order valence-electron chi connectivity index (χ2n) is 33.5. The van der Waals surface area contributed by atoms with E-state index in [1.165, 1.54) is 327 Å². The van der Waals surface area contributed by atoms with E-state index in [1.807, 2.05) is 0 Å². The van der Waals surface area contributed by atoms with E-state index in [1.54, 1.807) is 0 Å². The Morgan fingerprint density at radius 1 is 0.243 bits per heavy atom. The molecule has 0 fully saturated rings. The molecule has 17 nitrogen and oxygen atoms in total. The number of ether oxygens (including phenoxy) is 4. The van der Waals surface area contributed by atoms with E-state index in [2.05, 4.69) is 34.6 Å². The standard InChI is InChI=1S/C92H180O17P2/c1-6-9-12-15-18-21-24-27-29-31-33-35-37-39-41-46-51-56-61-66-71-76-90(95)103-82-88(108-91(96)77-72-67-62-57-52-47-42-40-38-36-34-32-30-28-25-22-19-16-13-10-7-2)84-107-111(100,101)105-80-86(93)79-104-110(98,99)106-83-87(81-102-89(94)75-70-65-60-55-50-44-26-23-20-17-14-11-8-3)109-92(97)78-73-68-63-58-53-48-43-45-49-54-59-64-69-74-85(4)5/h85-88,93H,6-84H2,1-5H3,(H,98,99)(H,100,101)/t86-,87+,88+/m0/s1. The van der Waals surface area contributed by atoms with Gasteiger partial charge >= 0.3 is 39.5 Å². The van der Waals surface area contributed by atoms with Gasteiger partial charge in [0.15, 0.2) is 12.2 Å². The number of aliphatic hydroxyl groups is 1. The zero-order chi connectivity index (χ0) is 81.1. The second kappa shape index (κ2) is 84.5. The number of hydrogen-bond donors (Lipinski definition) is 3. The Morgan fingerprint density at radius 3 is 0.613 bits per heavy atom. The number of aliphatic hydroxyl groups excluding tert-OH is 1. The Hall–Kier alpha value is -1.94. The van der Waals surface area contributed by atoms with Crippen LogP contribution in [0, 0.1) is 5.92 Å². The fraction of sp³-hybridized carbons (Fsp3) is 0.957. The van der Waals surface area contributed by atoms with Gasteiger partial charge in [0.05, 0.1) is 26.4 Å². The van der Waals surface area contributed by atoms with E-state index < -0.39 is 97.5 Å². The van der Waals surface area contributed by atoms with Gasteiger partial charge in [0.1, 0.15) is 19.3 Å². The van der Waals surface area contributed by atoms with Crippen LogP contribution in [0.3, 0.4) is 0 Å². The summed E-state index contributed by atoms with van der Waals surface area (Å²) in [5.74, 6) is -1.31. The number of carbonyl (C=O) groups is 4. The highest BCUT2D eigenvalue weighted by Crippen LogP contribution is 2.45. The lowest BCUT2D eigenvalue weighted by atomic mass is 10.0. The van der Waals surface area contributed by atoms with Crippen LogP contribution in [-0.2, 0) is 65.4 Å². The molecule has 0 heterocycles. The predicted octanol–water partition coefficient (Wildman–Crippen LogP) is 28.7. The van der Waals surface area contributed by atoms with Gasteiger partial charge in [-0.25, -0.2) is 9.13 Å². The fourth-order valence-corrected chi connectivity index (χ4v) is 16.1. The molecule has 660 valence electrons. The summed E-state index contributed by atoms with van der Waals surface area (Å²) >= 11 is 0. The molecule has 0 amide bonds. The molecule has 0 saturated heterocycles. The minimum absolute atomic E-state index is 0.108. The average Bonchev–Trinajstić information content (AvgIpc) is 0.900. The Labute approximate surface area is 683 Å². The first-order chi connectivity index (χ1) is 54.0. The Morgan fingerprint density at radius 2 is 0.414 bits per heavy atom. The van der Waals surface area contributed by atoms with E-state index in [0.717, 1.165) is 95.8 Å². The van der Waals surface area contributed by atoms with Crippen molar-refractivity contribution in [2.45, 2.75) is 522 Å². The fourth-order valence-electron chi connectivity index (χ4n) is 14.5. The first-order valence-electron chi connectivity index (χ1n) is 47.6. The van der Waals surface area contributed by atoms with Gasteiger partial charge in [-0.3, -0.25) is 37.3 Å². The van der Waals surface area contributed by atoms with Gasteiger partial charge in [-0.15, -0.1) is 0 Å². The van der Waals surface area contributed by atoms with Crippen LogP contribution in [-0.4, -0.2) is 96.7 Å². The number of phosphoric ester groups is 2. The van der Waals surface area contributed by atoms with Gasteiger partial charge in [0.25, 0.3) is 0 Å². The highest BCUT2D eigenvalue weighted by atomic mass is 31.2. The largest absolute Gasteiger partial charge is 0.472 e. The molecule has 2 unspecified atom stereocenters. The van der Waals surface area contributed by atoms with Crippen LogP contribution < -0.4 is 0 Å². The van der Waals surface area contributed by atoms with Crippen molar-refractivity contribution >= 4 is 39.5 Å². The van der Waals surface area contributed by atoms with Gasteiger partial charge < -0.3 is 33.8 Å². The summed E-state index contributed by atoms with van der Waals surface area (Å²) in [6.45, 7) is 7.42. The van der Waals surface area contributed by atoms with E-state index in [-0.39, 0.29) is 25.7 Å². The van der Waals surface area contributed by atoms with Gasteiger partial charge in [0, 0.05) is 25.7 Å². The molecule has 0 aromatic heterocycles. The molecule has 0 aliphatic carbocycles. The van der Waals surface area contributed by atoms with Crippen LogP contribution >= 0.6 is 15.6 Å². The smallest absolute Gasteiger partial charge is 0.462 e. The molecule has 0 rings (SSSR count). The molecule has 0 aliphatic rings. The number of unbranched alkanes of at least 4 members (excludes halogenated alkanes) is 64. The number of esters is 4. The summed E-state index contributed by atoms with van der Waals surface area (Å²) in [7, 11) is -9.94. The molecule has 0 aromatic rings. The van der Waals surface area contributed by atoms with Crippen molar-refractivity contribution in [3.05, 3.63) is 0 Å². The minimum Gasteiger partial charge on any atom is -0.462 e. The summed E-state index contributed by atoms with van der Waals surface area (Å²) in [5, 5.41) is 10.7. The minimum atomic E-state index is -4.97. The van der Waals surface area contributed by atoms with Crippen LogP contribution in [0.1, 0.15) is 503 Å². The number of carbonyl (C=O) groups excluding carboxylic acids is 4. The molecular weight excluding hydrogens is 1440 g/mol. The van der Waals surface area contributed by atoms with Gasteiger partial charge in [-0.2, -0.15) is 0 Å². The Kier molecular flexibility index (Phi) is 83.0. The lowest BCUT2D eigenvalue weighted by Crippen LogP contribution is -2.30. The topological polar surface area (TPSA) is 237 Å². The highest BCUT2D eigenvalue weighted by Gasteiger charge is 2.31. The van der Waals surface area contributed by atoms with Crippen molar-refractivity contribution in [2.75, 3.05) is 39.6 Å². The normalized spacial score (nSPS) is 13.7. The maximum atomic E-state index is 13.2.